The number of aromatic nitrogens is 1. The van der Waals surface area contributed by atoms with E-state index in [2.05, 4.69) is 26.2 Å². The Hall–Kier alpha value is -1.93. The fourth-order valence-electron chi connectivity index (χ4n) is 1.81. The number of nitrogens with zero attached hydrogens (tertiary/aromatic N) is 1. The summed E-state index contributed by atoms with van der Waals surface area (Å²) >= 11 is 4.12. The number of anilines is 1. The largest absolute Gasteiger partial charge is 0.298 e. The van der Waals surface area contributed by atoms with Crippen LogP contribution in [0, 0.1) is 17.5 Å². The minimum atomic E-state index is -1.02. The number of benzene rings is 2. The number of fused-ring (bicyclic) bond motifs is 1. The predicted octanol–water partition coefficient (Wildman–Crippen LogP) is 4.73. The van der Waals surface area contributed by atoms with Crippen molar-refractivity contribution >= 4 is 48.5 Å². The maximum Gasteiger partial charge on any atom is 0.260 e. The van der Waals surface area contributed by atoms with E-state index >= 15 is 0 Å². The molecule has 3 rings (SSSR count). The molecule has 112 valence electrons. The molecule has 0 radical (unpaired) electrons. The SMILES string of the molecule is O=C(Nc1nc2cc(F)c(F)cc2s1)c1cc(Br)ccc1F. The van der Waals surface area contributed by atoms with E-state index in [-0.39, 0.29) is 16.2 Å². The molecule has 0 spiro atoms. The van der Waals surface area contributed by atoms with Crippen molar-refractivity contribution in [3.8, 4) is 0 Å². The van der Waals surface area contributed by atoms with Gasteiger partial charge in [0, 0.05) is 10.5 Å². The van der Waals surface area contributed by atoms with Crippen LogP contribution in [0.4, 0.5) is 18.3 Å². The molecule has 0 unspecified atom stereocenters. The van der Waals surface area contributed by atoms with Gasteiger partial charge in [0.1, 0.15) is 5.82 Å². The third kappa shape index (κ3) is 2.84. The van der Waals surface area contributed by atoms with Crippen molar-refractivity contribution in [2.24, 2.45) is 0 Å². The minimum absolute atomic E-state index is 0.129. The smallest absolute Gasteiger partial charge is 0.260 e. The third-order valence-corrected chi connectivity index (χ3v) is 4.25. The summed E-state index contributed by atoms with van der Waals surface area (Å²) in [7, 11) is 0. The average molecular weight is 387 g/mol. The first kappa shape index (κ1) is 15.0. The molecule has 0 saturated heterocycles. The van der Waals surface area contributed by atoms with Crippen molar-refractivity contribution in [3.05, 3.63) is 57.8 Å². The third-order valence-electron chi connectivity index (χ3n) is 2.82. The maximum absolute atomic E-state index is 13.6. The Morgan fingerprint density at radius 1 is 1.09 bits per heavy atom. The summed E-state index contributed by atoms with van der Waals surface area (Å²) < 4.78 is 40.8. The average Bonchev–Trinajstić information content (AvgIpc) is 2.83. The van der Waals surface area contributed by atoms with Crippen LogP contribution in [0.5, 0.6) is 0 Å². The van der Waals surface area contributed by atoms with E-state index in [0.717, 1.165) is 29.5 Å². The zero-order valence-corrected chi connectivity index (χ0v) is 13.1. The molecule has 0 fully saturated rings. The molecular weight excluding hydrogens is 381 g/mol. The lowest BCUT2D eigenvalue weighted by Gasteiger charge is -2.03. The number of hydrogen-bond donors (Lipinski definition) is 1. The zero-order valence-electron chi connectivity index (χ0n) is 10.7. The van der Waals surface area contributed by atoms with Crippen LogP contribution in [-0.2, 0) is 0 Å². The monoisotopic (exact) mass is 386 g/mol. The Morgan fingerprint density at radius 3 is 2.59 bits per heavy atom. The summed E-state index contributed by atoms with van der Waals surface area (Å²) in [6, 6.07) is 5.89. The van der Waals surface area contributed by atoms with Gasteiger partial charge in [0.2, 0.25) is 0 Å². The van der Waals surface area contributed by atoms with Gasteiger partial charge in [-0.05, 0) is 24.3 Å². The van der Waals surface area contributed by atoms with Crippen LogP contribution in [0.2, 0.25) is 0 Å². The summed E-state index contributed by atoms with van der Waals surface area (Å²) in [4.78, 5) is 16.0. The first-order chi connectivity index (χ1) is 10.4. The van der Waals surface area contributed by atoms with E-state index < -0.39 is 23.4 Å². The Kier molecular flexibility index (Phi) is 3.88. The molecule has 0 saturated carbocycles. The van der Waals surface area contributed by atoms with E-state index in [1.807, 2.05) is 0 Å². The van der Waals surface area contributed by atoms with Crippen molar-refractivity contribution < 1.29 is 18.0 Å². The second kappa shape index (κ2) is 5.69. The number of carbonyl (C=O) groups is 1. The Morgan fingerprint density at radius 2 is 1.82 bits per heavy atom. The van der Waals surface area contributed by atoms with Gasteiger partial charge in [-0.15, -0.1) is 0 Å². The molecule has 8 heteroatoms. The summed E-state index contributed by atoms with van der Waals surface area (Å²) in [6.07, 6.45) is 0. The molecule has 3 aromatic rings. The van der Waals surface area contributed by atoms with Crippen LogP contribution in [0.15, 0.2) is 34.8 Å². The summed E-state index contributed by atoms with van der Waals surface area (Å²) in [5.41, 5.74) is 0.0555. The van der Waals surface area contributed by atoms with Crippen LogP contribution in [0.1, 0.15) is 10.4 Å². The highest BCUT2D eigenvalue weighted by Crippen LogP contribution is 2.28. The molecule has 0 aliphatic carbocycles. The van der Waals surface area contributed by atoms with E-state index in [1.54, 1.807) is 0 Å². The lowest BCUT2D eigenvalue weighted by atomic mass is 10.2. The number of halogens is 4. The van der Waals surface area contributed by atoms with Gasteiger partial charge >= 0.3 is 0 Å². The molecule has 1 amide bonds. The second-order valence-electron chi connectivity index (χ2n) is 4.33. The molecule has 0 aliphatic rings. The molecule has 0 atom stereocenters. The maximum atomic E-state index is 13.6. The van der Waals surface area contributed by atoms with Gasteiger partial charge in [-0.2, -0.15) is 0 Å². The molecule has 3 nitrogen and oxygen atoms in total. The number of carbonyl (C=O) groups excluding carboxylic acids is 1. The van der Waals surface area contributed by atoms with Gasteiger partial charge in [0.25, 0.3) is 5.91 Å². The van der Waals surface area contributed by atoms with E-state index in [1.165, 1.54) is 12.1 Å². The molecule has 2 aromatic carbocycles. The van der Waals surface area contributed by atoms with Crippen LogP contribution in [0.3, 0.4) is 0 Å². The fourth-order valence-corrected chi connectivity index (χ4v) is 3.04. The fraction of sp³-hybridized carbons (Fsp3) is 0. The summed E-state index contributed by atoms with van der Waals surface area (Å²) in [6.45, 7) is 0. The van der Waals surface area contributed by atoms with Crippen LogP contribution in [-0.4, -0.2) is 10.9 Å². The molecular formula is C14H6BrF3N2OS. The highest BCUT2D eigenvalue weighted by Gasteiger charge is 2.15. The Labute approximate surface area is 134 Å². The van der Waals surface area contributed by atoms with Crippen LogP contribution < -0.4 is 5.32 Å². The highest BCUT2D eigenvalue weighted by atomic mass is 79.9. The first-order valence-corrected chi connectivity index (χ1v) is 7.57. The van der Waals surface area contributed by atoms with Crippen molar-refractivity contribution in [3.63, 3.8) is 0 Å². The Bertz CT molecular complexity index is 858. The topological polar surface area (TPSA) is 42.0 Å². The van der Waals surface area contributed by atoms with Gasteiger partial charge in [0.05, 0.1) is 15.8 Å². The van der Waals surface area contributed by atoms with Gasteiger partial charge in [-0.1, -0.05) is 27.3 Å². The molecule has 0 aliphatic heterocycles. The van der Waals surface area contributed by atoms with Gasteiger partial charge in [0.15, 0.2) is 16.8 Å². The molecule has 0 bridgehead atoms. The number of rotatable bonds is 2. The lowest BCUT2D eigenvalue weighted by Crippen LogP contribution is -2.13. The number of nitrogens with one attached hydrogen (secondary N) is 1. The number of amides is 1. The van der Waals surface area contributed by atoms with E-state index in [9.17, 15) is 18.0 Å². The molecule has 22 heavy (non-hydrogen) atoms. The van der Waals surface area contributed by atoms with E-state index in [0.29, 0.717) is 9.17 Å². The van der Waals surface area contributed by atoms with Gasteiger partial charge < -0.3 is 0 Å². The first-order valence-electron chi connectivity index (χ1n) is 5.96. The quantitative estimate of drug-likeness (QED) is 0.691. The van der Waals surface area contributed by atoms with Crippen molar-refractivity contribution in [1.82, 2.24) is 4.98 Å². The number of hydrogen-bond acceptors (Lipinski definition) is 3. The molecule has 1 N–H and O–H groups in total. The van der Waals surface area contributed by atoms with Crippen molar-refractivity contribution in [1.29, 1.82) is 0 Å². The van der Waals surface area contributed by atoms with E-state index in [4.69, 9.17) is 0 Å². The normalized spacial score (nSPS) is 10.9. The lowest BCUT2D eigenvalue weighted by molar-refractivity contribution is 0.102. The summed E-state index contributed by atoms with van der Waals surface area (Å²) in [5.74, 6) is -3.39. The number of thiazole rings is 1. The van der Waals surface area contributed by atoms with Crippen molar-refractivity contribution in [2.75, 3.05) is 5.32 Å². The van der Waals surface area contributed by atoms with Crippen LogP contribution >= 0.6 is 27.3 Å². The second-order valence-corrected chi connectivity index (χ2v) is 6.28. The molecule has 1 heterocycles. The van der Waals surface area contributed by atoms with Crippen LogP contribution in [0.25, 0.3) is 10.2 Å². The molecule has 1 aromatic heterocycles. The van der Waals surface area contributed by atoms with Gasteiger partial charge in [-0.25, -0.2) is 18.2 Å². The highest BCUT2D eigenvalue weighted by molar-refractivity contribution is 9.10. The standard InChI is InChI=1S/C14H6BrF3N2OS/c15-6-1-2-8(16)7(3-6)13(21)20-14-19-11-4-9(17)10(18)5-12(11)22-14/h1-5H,(H,19,20,21). The minimum Gasteiger partial charge on any atom is -0.298 e. The van der Waals surface area contributed by atoms with Gasteiger partial charge in [-0.3, -0.25) is 10.1 Å². The predicted molar refractivity (Wildman–Crippen MR) is 81.6 cm³/mol. The van der Waals surface area contributed by atoms with Crippen molar-refractivity contribution in [2.45, 2.75) is 0 Å². The zero-order chi connectivity index (χ0) is 15.9. The Balaban J connectivity index is 1.92. The summed E-state index contributed by atoms with van der Waals surface area (Å²) in [5, 5.41) is 2.55.